The zero-order valence-electron chi connectivity index (χ0n) is 12.4. The minimum Gasteiger partial charge on any atom is -0.472 e. The Kier molecular flexibility index (Phi) is 4.38. The first kappa shape index (κ1) is 14.8. The van der Waals surface area contributed by atoms with E-state index in [2.05, 4.69) is 5.32 Å². The predicted octanol–water partition coefficient (Wildman–Crippen LogP) is 2.61. The molecular weight excluding hydrogens is 292 g/mol. The van der Waals surface area contributed by atoms with Gasteiger partial charge in [-0.2, -0.15) is 0 Å². The van der Waals surface area contributed by atoms with Crippen LogP contribution < -0.4 is 10.9 Å². The molecule has 116 valence electrons. The summed E-state index contributed by atoms with van der Waals surface area (Å²) in [5.74, 6) is -0.239. The van der Waals surface area contributed by atoms with Gasteiger partial charge in [0.25, 0.3) is 11.5 Å². The van der Waals surface area contributed by atoms with Crippen molar-refractivity contribution in [1.29, 1.82) is 0 Å². The van der Waals surface area contributed by atoms with Crippen LogP contribution >= 0.6 is 0 Å². The Bertz CT molecular complexity index is 823. The van der Waals surface area contributed by atoms with Gasteiger partial charge in [-0.1, -0.05) is 36.4 Å². The third-order valence-electron chi connectivity index (χ3n) is 3.57. The number of furan rings is 1. The van der Waals surface area contributed by atoms with Crippen molar-refractivity contribution in [2.45, 2.75) is 12.6 Å². The highest BCUT2D eigenvalue weighted by Crippen LogP contribution is 2.15. The fourth-order valence-corrected chi connectivity index (χ4v) is 2.36. The Morgan fingerprint density at radius 3 is 2.57 bits per heavy atom. The van der Waals surface area contributed by atoms with Crippen LogP contribution in [0.15, 0.2) is 82.5 Å². The molecule has 0 aliphatic heterocycles. The Hall–Kier alpha value is -3.08. The van der Waals surface area contributed by atoms with E-state index in [-0.39, 0.29) is 17.5 Å². The van der Waals surface area contributed by atoms with Crippen LogP contribution in [0.4, 0.5) is 0 Å². The summed E-state index contributed by atoms with van der Waals surface area (Å²) in [7, 11) is 0. The summed E-state index contributed by atoms with van der Waals surface area (Å²) in [6.07, 6.45) is 4.56. The standard InChI is InChI=1S/C18H16N2O3/c21-17-8-4-5-10-20(17)12-16(14-6-2-1-3-7-14)19-18(22)15-9-11-23-13-15/h1-11,13,16H,12H2,(H,19,22). The van der Waals surface area contributed by atoms with E-state index >= 15 is 0 Å². The minimum absolute atomic E-state index is 0.106. The first-order valence-corrected chi connectivity index (χ1v) is 7.27. The number of nitrogens with zero attached hydrogens (tertiary/aromatic N) is 1. The van der Waals surface area contributed by atoms with E-state index < -0.39 is 0 Å². The van der Waals surface area contributed by atoms with E-state index in [9.17, 15) is 9.59 Å². The van der Waals surface area contributed by atoms with Crippen LogP contribution in [-0.2, 0) is 6.54 Å². The lowest BCUT2D eigenvalue weighted by Crippen LogP contribution is -2.33. The molecule has 1 unspecified atom stereocenters. The maximum absolute atomic E-state index is 12.3. The van der Waals surface area contributed by atoms with Crippen LogP contribution in [0, 0.1) is 0 Å². The van der Waals surface area contributed by atoms with Crippen LogP contribution in [0.1, 0.15) is 22.0 Å². The van der Waals surface area contributed by atoms with Crippen molar-refractivity contribution in [1.82, 2.24) is 9.88 Å². The summed E-state index contributed by atoms with van der Waals surface area (Å²) < 4.78 is 6.52. The number of carbonyl (C=O) groups excluding carboxylic acids is 1. The molecule has 0 bridgehead atoms. The first-order chi connectivity index (χ1) is 11.2. The van der Waals surface area contributed by atoms with Crippen LogP contribution in [0.2, 0.25) is 0 Å². The number of amides is 1. The van der Waals surface area contributed by atoms with Gasteiger partial charge in [-0.25, -0.2) is 0 Å². The van der Waals surface area contributed by atoms with Crippen molar-refractivity contribution in [3.63, 3.8) is 0 Å². The Balaban J connectivity index is 1.87. The molecule has 0 saturated heterocycles. The third kappa shape index (κ3) is 3.58. The second-order valence-corrected chi connectivity index (χ2v) is 5.14. The van der Waals surface area contributed by atoms with Gasteiger partial charge in [0.2, 0.25) is 0 Å². The minimum atomic E-state index is -0.321. The molecule has 0 aliphatic rings. The van der Waals surface area contributed by atoms with Gasteiger partial charge < -0.3 is 14.3 Å². The molecule has 1 amide bonds. The van der Waals surface area contributed by atoms with Crippen LogP contribution in [0.5, 0.6) is 0 Å². The van der Waals surface area contributed by atoms with Gasteiger partial charge >= 0.3 is 0 Å². The predicted molar refractivity (Wildman–Crippen MR) is 86.1 cm³/mol. The van der Waals surface area contributed by atoms with Crippen molar-refractivity contribution in [2.75, 3.05) is 0 Å². The first-order valence-electron chi connectivity index (χ1n) is 7.27. The zero-order valence-corrected chi connectivity index (χ0v) is 12.4. The molecule has 23 heavy (non-hydrogen) atoms. The molecular formula is C18H16N2O3. The Labute approximate surface area is 133 Å². The zero-order chi connectivity index (χ0) is 16.1. The summed E-state index contributed by atoms with van der Waals surface area (Å²) in [5, 5.41) is 2.95. The Morgan fingerprint density at radius 1 is 1.09 bits per heavy atom. The normalized spacial score (nSPS) is 11.8. The maximum atomic E-state index is 12.3. The van der Waals surface area contributed by atoms with Crippen LogP contribution in [-0.4, -0.2) is 10.5 Å². The molecule has 5 heteroatoms. The van der Waals surface area contributed by atoms with E-state index in [0.29, 0.717) is 12.1 Å². The highest BCUT2D eigenvalue weighted by molar-refractivity contribution is 5.94. The number of hydrogen-bond donors (Lipinski definition) is 1. The van der Waals surface area contributed by atoms with Gasteiger partial charge in [-0.3, -0.25) is 9.59 Å². The van der Waals surface area contributed by atoms with Crippen molar-refractivity contribution in [3.05, 3.63) is 94.8 Å². The fourth-order valence-electron chi connectivity index (χ4n) is 2.36. The lowest BCUT2D eigenvalue weighted by Gasteiger charge is -2.20. The quantitative estimate of drug-likeness (QED) is 0.788. The number of benzene rings is 1. The molecule has 1 atom stereocenters. The smallest absolute Gasteiger partial charge is 0.255 e. The molecule has 0 spiro atoms. The molecule has 1 aromatic carbocycles. The third-order valence-corrected chi connectivity index (χ3v) is 3.57. The van der Waals surface area contributed by atoms with Crippen molar-refractivity contribution in [3.8, 4) is 0 Å². The van der Waals surface area contributed by atoms with Gasteiger partial charge in [0.1, 0.15) is 6.26 Å². The summed E-state index contributed by atoms with van der Waals surface area (Å²) in [5.41, 5.74) is 1.28. The molecule has 0 saturated carbocycles. The molecule has 0 radical (unpaired) electrons. The number of aromatic nitrogens is 1. The van der Waals surface area contributed by atoms with E-state index in [4.69, 9.17) is 4.42 Å². The Morgan fingerprint density at radius 2 is 1.87 bits per heavy atom. The topological polar surface area (TPSA) is 64.2 Å². The van der Waals surface area contributed by atoms with E-state index in [1.54, 1.807) is 29.0 Å². The SMILES string of the molecule is O=C(NC(Cn1ccccc1=O)c1ccccc1)c1ccoc1. The van der Waals surface area contributed by atoms with Crippen molar-refractivity contribution < 1.29 is 9.21 Å². The second kappa shape index (κ2) is 6.79. The summed E-state index contributed by atoms with van der Waals surface area (Å²) in [4.78, 5) is 24.2. The average molecular weight is 308 g/mol. The second-order valence-electron chi connectivity index (χ2n) is 5.14. The van der Waals surface area contributed by atoms with Crippen molar-refractivity contribution >= 4 is 5.91 Å². The van der Waals surface area contributed by atoms with E-state index in [1.807, 2.05) is 30.3 Å². The van der Waals surface area contributed by atoms with Crippen LogP contribution in [0.25, 0.3) is 0 Å². The monoisotopic (exact) mass is 308 g/mol. The largest absolute Gasteiger partial charge is 0.472 e. The summed E-state index contributed by atoms with van der Waals surface area (Å²) in [6, 6.07) is 15.8. The number of rotatable bonds is 5. The highest BCUT2D eigenvalue weighted by atomic mass is 16.3. The van der Waals surface area contributed by atoms with Crippen LogP contribution in [0.3, 0.4) is 0 Å². The lowest BCUT2D eigenvalue weighted by molar-refractivity contribution is 0.0932. The highest BCUT2D eigenvalue weighted by Gasteiger charge is 2.17. The molecule has 0 fully saturated rings. The molecule has 3 rings (SSSR count). The van der Waals surface area contributed by atoms with Gasteiger partial charge in [-0.15, -0.1) is 0 Å². The molecule has 1 N–H and O–H groups in total. The molecule has 2 heterocycles. The average Bonchev–Trinajstić information content (AvgIpc) is 3.11. The molecule has 3 aromatic rings. The number of carbonyl (C=O) groups is 1. The van der Waals surface area contributed by atoms with E-state index in [0.717, 1.165) is 5.56 Å². The number of hydrogen-bond acceptors (Lipinski definition) is 3. The molecule has 5 nitrogen and oxygen atoms in total. The fraction of sp³-hybridized carbons (Fsp3) is 0.111. The molecule has 0 aliphatic carbocycles. The molecule has 2 aromatic heterocycles. The van der Waals surface area contributed by atoms with Gasteiger partial charge in [0, 0.05) is 12.3 Å². The lowest BCUT2D eigenvalue weighted by atomic mass is 10.1. The van der Waals surface area contributed by atoms with E-state index in [1.165, 1.54) is 18.6 Å². The number of pyridine rings is 1. The summed E-state index contributed by atoms with van der Waals surface area (Å²) in [6.45, 7) is 0.354. The van der Waals surface area contributed by atoms with Gasteiger partial charge in [0.15, 0.2) is 0 Å². The van der Waals surface area contributed by atoms with Crippen molar-refractivity contribution in [2.24, 2.45) is 0 Å². The number of nitrogens with one attached hydrogen (secondary N) is 1. The van der Waals surface area contributed by atoms with Gasteiger partial charge in [-0.05, 0) is 17.7 Å². The van der Waals surface area contributed by atoms with Gasteiger partial charge in [0.05, 0.1) is 24.4 Å². The maximum Gasteiger partial charge on any atom is 0.255 e. The summed E-state index contributed by atoms with van der Waals surface area (Å²) >= 11 is 0.